The molecule has 370 valence electrons. The first-order valence-electron chi connectivity index (χ1n) is 24.0. The highest BCUT2D eigenvalue weighted by Crippen LogP contribution is 2.37. The summed E-state index contributed by atoms with van der Waals surface area (Å²) in [5, 5.41) is 0.576. The van der Waals surface area contributed by atoms with Crippen molar-refractivity contribution in [1.29, 1.82) is 0 Å². The standard InChI is InChI=1S/C12H22.C11H16.C8H18.C7H18Si.C7H16.C5H12O.C5H12.C4H10/c1-11(2,3)9-7-8-10-12(4,5)6;1-11(2,3)9-10-7-5-4-6-8-10;2*1-7(2,3)8(4,5)6;1-6(2)7(3,4)5;1-5(2,3)6-4;1-5(2,3)4;1-4(2)3/h7-10H,1-6H3;4-8H,9H2,1-3H3;2*1-6H3;6H,1-5H3;1-4H3;1-4H3;4H,1-3H3/b9-7-,10-8-;;;;;;;. The van der Waals surface area contributed by atoms with Crippen molar-refractivity contribution in [1.82, 2.24) is 0 Å². The van der Waals surface area contributed by atoms with Crippen molar-refractivity contribution in [2.24, 2.45) is 49.7 Å². The number of hydrogen-bond acceptors (Lipinski definition) is 1. The quantitative estimate of drug-likeness (QED) is 0.212. The molecule has 0 amide bonds. The number of hydrogen-bond donors (Lipinski definition) is 0. The predicted molar refractivity (Wildman–Crippen MR) is 295 cm³/mol. The Morgan fingerprint density at radius 1 is 0.492 bits per heavy atom. The van der Waals surface area contributed by atoms with Crippen LogP contribution in [0.4, 0.5) is 0 Å². The lowest BCUT2D eigenvalue weighted by molar-refractivity contribution is 0.0397. The molecule has 0 spiro atoms. The molecule has 0 radical (unpaired) electrons. The number of methoxy groups -OCH3 is 1. The molecule has 0 unspecified atom stereocenters. The van der Waals surface area contributed by atoms with E-state index in [0.717, 1.165) is 18.3 Å². The molecule has 0 saturated heterocycles. The van der Waals surface area contributed by atoms with E-state index in [2.05, 4.69) is 282 Å². The van der Waals surface area contributed by atoms with Crippen molar-refractivity contribution in [2.75, 3.05) is 7.11 Å². The summed E-state index contributed by atoms with van der Waals surface area (Å²) in [7, 11) is 0.850. The minimum Gasteiger partial charge on any atom is -0.379 e. The van der Waals surface area contributed by atoms with Crippen LogP contribution in [-0.2, 0) is 11.2 Å². The van der Waals surface area contributed by atoms with Gasteiger partial charge in [0.05, 0.1) is 5.60 Å². The average molecular weight is 878 g/mol. The molecule has 1 aromatic rings. The van der Waals surface area contributed by atoms with Gasteiger partial charge in [-0.15, -0.1) is 0 Å². The third-order valence-electron chi connectivity index (χ3n) is 9.73. The third kappa shape index (κ3) is 83.1. The van der Waals surface area contributed by atoms with Crippen LogP contribution < -0.4 is 0 Å². The summed E-state index contributed by atoms with van der Waals surface area (Å²) in [6, 6.07) is 10.6. The van der Waals surface area contributed by atoms with Gasteiger partial charge in [0.2, 0.25) is 0 Å². The van der Waals surface area contributed by atoms with Gasteiger partial charge in [-0.2, -0.15) is 0 Å². The van der Waals surface area contributed by atoms with Crippen LogP contribution in [-0.4, -0.2) is 20.8 Å². The van der Waals surface area contributed by atoms with E-state index in [9.17, 15) is 0 Å². The fourth-order valence-electron chi connectivity index (χ4n) is 1.90. The highest BCUT2D eigenvalue weighted by molar-refractivity contribution is 6.78. The SMILES string of the molecule is CC(C)(C)/C=C\C=C/C(C)(C)C.CC(C)(C)C.CC(C)(C)C(C)(C)C.CC(C)(C)Cc1ccccc1.CC(C)(C)[Si](C)(C)C.CC(C)C.CC(C)C(C)(C)C.COC(C)(C)C. The number of ether oxygens (including phenoxy) is 1. The van der Waals surface area contributed by atoms with Crippen molar-refractivity contribution in [3.05, 3.63) is 60.2 Å². The van der Waals surface area contributed by atoms with Gasteiger partial charge in [-0.05, 0) is 87.5 Å². The van der Waals surface area contributed by atoms with Gasteiger partial charge in [0.15, 0.2) is 0 Å². The monoisotopic (exact) mass is 877 g/mol. The molecule has 0 aliphatic carbocycles. The van der Waals surface area contributed by atoms with Crippen molar-refractivity contribution in [3.63, 3.8) is 0 Å². The van der Waals surface area contributed by atoms with Crippen LogP contribution >= 0.6 is 0 Å². The number of benzene rings is 1. The van der Waals surface area contributed by atoms with Crippen LogP contribution in [0.2, 0.25) is 24.7 Å². The van der Waals surface area contributed by atoms with Crippen LogP contribution in [0.25, 0.3) is 0 Å². The van der Waals surface area contributed by atoms with Gasteiger partial charge >= 0.3 is 0 Å². The second-order valence-electron chi connectivity index (χ2n) is 29.2. The minimum absolute atomic E-state index is 0.0417. The summed E-state index contributed by atoms with van der Waals surface area (Å²) in [4.78, 5) is 0. The third-order valence-corrected chi connectivity index (χ3v) is 14.2. The van der Waals surface area contributed by atoms with Crippen molar-refractivity contribution >= 4 is 8.07 Å². The van der Waals surface area contributed by atoms with Gasteiger partial charge in [-0.3, -0.25) is 0 Å². The van der Waals surface area contributed by atoms with E-state index in [0.29, 0.717) is 42.9 Å². The molecule has 61 heavy (non-hydrogen) atoms. The highest BCUT2D eigenvalue weighted by atomic mass is 28.3. The maximum atomic E-state index is 4.94. The fraction of sp³-hybridized carbons (Fsp3) is 0.831. The maximum absolute atomic E-state index is 4.94. The van der Waals surface area contributed by atoms with Gasteiger partial charge in [-0.1, -0.05) is 282 Å². The first-order chi connectivity index (χ1) is 26.0. The predicted octanol–water partition coefficient (Wildman–Crippen LogP) is 21.5. The summed E-state index contributed by atoms with van der Waals surface area (Å²) < 4.78 is 4.94. The van der Waals surface area contributed by atoms with E-state index in [4.69, 9.17) is 4.74 Å². The fourth-order valence-corrected chi connectivity index (χ4v) is 1.90. The molecular formula is C59H124OSi. The average Bonchev–Trinajstić information content (AvgIpc) is 2.92. The number of allylic oxidation sites excluding steroid dienone is 4. The summed E-state index contributed by atoms with van der Waals surface area (Å²) in [6.07, 6.45) is 9.86. The smallest absolute Gasteiger partial charge is 0.0594 e. The Morgan fingerprint density at radius 2 is 0.705 bits per heavy atom. The molecule has 2 heteroatoms. The zero-order valence-electron chi connectivity index (χ0n) is 50.0. The minimum atomic E-state index is -0.859. The zero-order chi connectivity index (χ0) is 51.5. The second-order valence-corrected chi connectivity index (χ2v) is 35.2. The first-order valence-corrected chi connectivity index (χ1v) is 27.5. The van der Waals surface area contributed by atoms with E-state index >= 15 is 0 Å². The largest absolute Gasteiger partial charge is 0.379 e. The summed E-state index contributed by atoms with van der Waals surface area (Å²) >= 11 is 0. The molecule has 0 aliphatic rings. The van der Waals surface area contributed by atoms with Gasteiger partial charge < -0.3 is 4.74 Å². The van der Waals surface area contributed by atoms with Gasteiger partial charge in [-0.25, -0.2) is 0 Å². The van der Waals surface area contributed by atoms with E-state index in [1.165, 1.54) is 5.56 Å². The topological polar surface area (TPSA) is 9.23 Å². The summed E-state index contributed by atoms with van der Waals surface area (Å²) in [5.41, 5.74) is 4.34. The van der Waals surface area contributed by atoms with Crippen LogP contribution in [0.3, 0.4) is 0 Å². The lowest BCUT2D eigenvalue weighted by Gasteiger charge is -2.34. The molecule has 0 N–H and O–H groups in total. The Bertz CT molecular complexity index is 1080. The lowest BCUT2D eigenvalue weighted by Crippen LogP contribution is -2.32. The molecule has 1 rings (SSSR count). The van der Waals surface area contributed by atoms with Gasteiger partial charge in [0, 0.05) is 15.2 Å². The van der Waals surface area contributed by atoms with Crippen molar-refractivity contribution in [2.45, 2.75) is 265 Å². The first kappa shape index (κ1) is 74.2. The Labute approximate surface area is 393 Å². The highest BCUT2D eigenvalue weighted by Gasteiger charge is 2.29. The van der Waals surface area contributed by atoms with E-state index in [-0.39, 0.29) is 5.60 Å². The summed E-state index contributed by atoms with van der Waals surface area (Å²) in [6.45, 7) is 80.5. The molecule has 0 atom stereocenters. The van der Waals surface area contributed by atoms with Crippen molar-refractivity contribution < 1.29 is 4.74 Å². The Morgan fingerprint density at radius 3 is 0.820 bits per heavy atom. The normalized spacial score (nSPS) is 13.0. The van der Waals surface area contributed by atoms with Crippen LogP contribution in [0.5, 0.6) is 0 Å². The Balaban J connectivity index is -0.000000112. The molecule has 0 aromatic heterocycles. The van der Waals surface area contributed by atoms with Crippen LogP contribution in [0.15, 0.2) is 54.6 Å². The Hall–Kier alpha value is -1.12. The van der Waals surface area contributed by atoms with E-state index in [1.807, 2.05) is 20.8 Å². The lowest BCUT2D eigenvalue weighted by atomic mass is 9.71. The van der Waals surface area contributed by atoms with Gasteiger partial charge in [0.25, 0.3) is 0 Å². The Kier molecular flexibility index (Phi) is 38.6. The summed E-state index contributed by atoms with van der Waals surface area (Å²) in [5.74, 6) is 1.63. The molecule has 0 heterocycles. The molecule has 0 bridgehead atoms. The van der Waals surface area contributed by atoms with Gasteiger partial charge in [0.1, 0.15) is 0 Å². The zero-order valence-corrected chi connectivity index (χ0v) is 51.0. The molecule has 1 nitrogen and oxygen atoms in total. The van der Waals surface area contributed by atoms with Crippen molar-refractivity contribution in [3.8, 4) is 0 Å². The second kappa shape index (κ2) is 31.7. The molecule has 0 saturated carbocycles. The van der Waals surface area contributed by atoms with Crippen LogP contribution in [0.1, 0.15) is 234 Å². The van der Waals surface area contributed by atoms with Crippen LogP contribution in [0, 0.1) is 49.7 Å². The maximum Gasteiger partial charge on any atom is 0.0594 e. The number of rotatable bonds is 2. The van der Waals surface area contributed by atoms with E-state index in [1.54, 1.807) is 7.11 Å². The molecule has 1 aromatic carbocycles. The molecular weight excluding hydrogens is 753 g/mol. The van der Waals surface area contributed by atoms with E-state index < -0.39 is 8.07 Å². The molecule has 0 aliphatic heterocycles. The molecule has 0 fully saturated rings.